The van der Waals surface area contributed by atoms with E-state index in [0.717, 1.165) is 0 Å². The van der Waals surface area contributed by atoms with Gasteiger partial charge in [-0.3, -0.25) is 4.57 Å². The van der Waals surface area contributed by atoms with Crippen LogP contribution in [-0.2, 0) is 25.0 Å². The zero-order chi connectivity index (χ0) is 5.21. The molecule has 0 aromatic heterocycles. The van der Waals surface area contributed by atoms with E-state index in [2.05, 4.69) is 6.92 Å². The van der Waals surface area contributed by atoms with Gasteiger partial charge in [0.15, 0.2) is 0 Å². The van der Waals surface area contributed by atoms with Crippen LogP contribution < -0.4 is 0 Å². The summed E-state index contributed by atoms with van der Waals surface area (Å²) in [5.41, 5.74) is 0. The van der Waals surface area contributed by atoms with E-state index in [4.69, 9.17) is 9.79 Å². The van der Waals surface area contributed by atoms with Crippen molar-refractivity contribution in [3.8, 4) is 0 Å². The fraction of sp³-hybridized carbons (Fsp3) is 0.500. The van der Waals surface area contributed by atoms with Gasteiger partial charge in [0, 0.05) is 20.4 Å². The van der Waals surface area contributed by atoms with Crippen molar-refractivity contribution in [2.75, 3.05) is 6.16 Å². The number of hydrogen-bond acceptors (Lipinski definition) is 1. The predicted octanol–water partition coefficient (Wildman–Crippen LogP) is -0.00431. The van der Waals surface area contributed by atoms with Crippen LogP contribution in [0, 0.1) is 6.92 Å². The van der Waals surface area contributed by atoms with Crippen molar-refractivity contribution < 1.29 is 34.8 Å². The van der Waals surface area contributed by atoms with Crippen LogP contribution in [0.25, 0.3) is 0 Å². The van der Waals surface area contributed by atoms with Crippen molar-refractivity contribution in [1.82, 2.24) is 0 Å². The molecule has 0 aromatic carbocycles. The molecule has 0 atom stereocenters. The minimum absolute atomic E-state index is 0. The van der Waals surface area contributed by atoms with Crippen LogP contribution in [0.15, 0.2) is 0 Å². The number of rotatable bonds is 1. The van der Waals surface area contributed by atoms with Crippen LogP contribution in [0.3, 0.4) is 0 Å². The van der Waals surface area contributed by atoms with Gasteiger partial charge in [0.2, 0.25) is 0 Å². The molecule has 0 heterocycles. The smallest absolute Gasteiger partial charge is 0.296 e. The van der Waals surface area contributed by atoms with E-state index >= 15 is 0 Å². The van der Waals surface area contributed by atoms with E-state index in [1.807, 2.05) is 0 Å². The first-order valence-corrected chi connectivity index (χ1v) is 3.20. The van der Waals surface area contributed by atoms with Gasteiger partial charge < -0.3 is 16.7 Å². The van der Waals surface area contributed by atoms with Crippen molar-refractivity contribution in [1.29, 1.82) is 0 Å². The predicted molar refractivity (Wildman–Crippen MR) is 22.3 cm³/mol. The minimum atomic E-state index is -3.76. The number of hydrogen-bond donors (Lipinski definition) is 2. The molecule has 2 N–H and O–H groups in total. The molecule has 0 amide bonds. The van der Waals surface area contributed by atoms with E-state index in [1.54, 1.807) is 0 Å². The maximum absolute atomic E-state index is 9.63. The summed E-state index contributed by atoms with van der Waals surface area (Å²) in [6.45, 7) is 2.99. The molecule has 0 saturated carbocycles. The summed E-state index contributed by atoms with van der Waals surface area (Å²) in [7, 11) is -3.76. The summed E-state index contributed by atoms with van der Waals surface area (Å²) in [6, 6.07) is 0. The van der Waals surface area contributed by atoms with Gasteiger partial charge in [-0.1, -0.05) is 6.16 Å². The quantitative estimate of drug-likeness (QED) is 0.529. The Bertz CT molecular complexity index is 77.0. The van der Waals surface area contributed by atoms with Gasteiger partial charge in [-0.25, -0.2) is 0 Å². The van der Waals surface area contributed by atoms with Crippen molar-refractivity contribution in [2.45, 2.75) is 0 Å². The Morgan fingerprint density at radius 1 is 1.57 bits per heavy atom. The maximum atomic E-state index is 9.63. The van der Waals surface area contributed by atoms with Gasteiger partial charge in [-0.15, -0.1) is 0 Å². The zero-order valence-corrected chi connectivity index (χ0v) is 7.15. The average molecular weight is 295 g/mol. The fourth-order valence-electron chi connectivity index (χ4n) is 0. The molecule has 5 heteroatoms. The largest absolute Gasteiger partial charge is 0.332 e. The molecule has 45 valence electrons. The molecule has 0 aliphatic heterocycles. The Balaban J connectivity index is 0. The molecular weight excluding hydrogens is 289 g/mol. The van der Waals surface area contributed by atoms with Gasteiger partial charge in [-0.2, -0.15) is 0 Å². The summed E-state index contributed by atoms with van der Waals surface area (Å²) in [6.07, 6.45) is -0.312. The first-order chi connectivity index (χ1) is 2.56. The topological polar surface area (TPSA) is 57.5 Å². The van der Waals surface area contributed by atoms with E-state index < -0.39 is 7.60 Å². The summed E-state index contributed by atoms with van der Waals surface area (Å²) < 4.78 is 9.63. The molecule has 0 aromatic rings. The van der Waals surface area contributed by atoms with Crippen LogP contribution >= 0.6 is 7.60 Å². The maximum Gasteiger partial charge on any atom is 0.296 e. The van der Waals surface area contributed by atoms with Gasteiger partial charge in [0.1, 0.15) is 0 Å². The van der Waals surface area contributed by atoms with Crippen molar-refractivity contribution >= 4 is 7.60 Å². The molecule has 0 bridgehead atoms. The first kappa shape index (κ1) is 10.7. The summed E-state index contributed by atoms with van der Waals surface area (Å²) in [5, 5.41) is 0. The SMILES string of the molecule is [CH2-]CP(=O)(O)O.[Re]. The molecule has 0 saturated heterocycles. The summed E-state index contributed by atoms with van der Waals surface area (Å²) in [5.74, 6) is 0. The molecule has 0 fully saturated rings. The third-order valence-corrected chi connectivity index (χ3v) is 0.874. The summed E-state index contributed by atoms with van der Waals surface area (Å²) >= 11 is 0. The van der Waals surface area contributed by atoms with Crippen LogP contribution in [0.4, 0.5) is 0 Å². The van der Waals surface area contributed by atoms with E-state index in [0.29, 0.717) is 0 Å². The monoisotopic (exact) mass is 296 g/mol. The Kier molecular flexibility index (Phi) is 5.78. The Hall–Kier alpha value is 0.812. The van der Waals surface area contributed by atoms with Crippen LogP contribution in [-0.4, -0.2) is 15.9 Å². The molecule has 0 aliphatic carbocycles. The third kappa shape index (κ3) is 10.9. The van der Waals surface area contributed by atoms with Gasteiger partial charge >= 0.3 is 0 Å². The van der Waals surface area contributed by atoms with Crippen molar-refractivity contribution in [2.24, 2.45) is 0 Å². The summed E-state index contributed by atoms with van der Waals surface area (Å²) in [4.78, 5) is 15.8. The van der Waals surface area contributed by atoms with Gasteiger partial charge in [0.05, 0.1) is 0 Å². The first-order valence-electron chi connectivity index (χ1n) is 1.40. The Morgan fingerprint density at radius 3 is 1.71 bits per heavy atom. The molecule has 1 radical (unpaired) electrons. The molecule has 0 spiro atoms. The second-order valence-electron chi connectivity index (χ2n) is 0.888. The Morgan fingerprint density at radius 2 is 1.71 bits per heavy atom. The average Bonchev–Trinajstić information content (AvgIpc) is 1.35. The van der Waals surface area contributed by atoms with E-state index in [1.165, 1.54) is 0 Å². The minimum Gasteiger partial charge on any atom is -0.332 e. The van der Waals surface area contributed by atoms with Gasteiger partial charge in [0.25, 0.3) is 7.60 Å². The van der Waals surface area contributed by atoms with E-state index in [-0.39, 0.29) is 26.6 Å². The molecule has 0 aliphatic rings. The molecule has 3 nitrogen and oxygen atoms in total. The molecule has 0 unspecified atom stereocenters. The zero-order valence-electron chi connectivity index (χ0n) is 3.54. The molecular formula is C2H6O3PRe-. The Labute approximate surface area is 55.9 Å². The van der Waals surface area contributed by atoms with Crippen LogP contribution in [0.5, 0.6) is 0 Å². The fourth-order valence-corrected chi connectivity index (χ4v) is 0. The van der Waals surface area contributed by atoms with Gasteiger partial charge in [-0.05, 0) is 0 Å². The van der Waals surface area contributed by atoms with Crippen molar-refractivity contribution in [3.05, 3.63) is 6.92 Å². The second kappa shape index (κ2) is 3.77. The standard InChI is InChI=1S/C2H6O3P.Re/c1-2-6(3,4)5;/h1-2H2,(H2,3,4,5);/q-1;. The van der Waals surface area contributed by atoms with Crippen LogP contribution in [0.1, 0.15) is 0 Å². The molecule has 7 heavy (non-hydrogen) atoms. The van der Waals surface area contributed by atoms with E-state index in [9.17, 15) is 4.57 Å². The van der Waals surface area contributed by atoms with Crippen LogP contribution in [0.2, 0.25) is 0 Å². The molecule has 0 rings (SSSR count). The normalized spacial score (nSPS) is 10.1. The second-order valence-corrected chi connectivity index (χ2v) is 2.66. The third-order valence-electron chi connectivity index (χ3n) is 0.291. The van der Waals surface area contributed by atoms with Crippen molar-refractivity contribution in [3.63, 3.8) is 0 Å².